The average molecular weight is 273 g/mol. The summed E-state index contributed by atoms with van der Waals surface area (Å²) in [5.41, 5.74) is 7.64. The average Bonchev–Trinajstić information content (AvgIpc) is 2.34. The summed E-state index contributed by atoms with van der Waals surface area (Å²) in [7, 11) is 0. The molecule has 0 aromatic heterocycles. The van der Waals surface area contributed by atoms with Crippen molar-refractivity contribution in [3.63, 3.8) is 0 Å². The molecule has 1 amide bonds. The number of hydrogen-bond acceptors (Lipinski definition) is 3. The lowest BCUT2D eigenvalue weighted by molar-refractivity contribution is -0.122. The molecule has 1 atom stereocenters. The maximum atomic E-state index is 11.4. The van der Waals surface area contributed by atoms with E-state index in [-0.39, 0.29) is 18.3 Å². The van der Waals surface area contributed by atoms with Gasteiger partial charge in [0.2, 0.25) is 5.91 Å². The number of carbonyl (C=O) groups excluding carboxylic acids is 1. The van der Waals surface area contributed by atoms with Crippen LogP contribution in [0.3, 0.4) is 0 Å². The van der Waals surface area contributed by atoms with Gasteiger partial charge < -0.3 is 15.8 Å². The van der Waals surface area contributed by atoms with E-state index in [2.05, 4.69) is 5.32 Å². The summed E-state index contributed by atoms with van der Waals surface area (Å²) in [5.74, 6) is -0.142. The molecular weight excluding hydrogens is 252 g/mol. The quantitative estimate of drug-likeness (QED) is 0.827. The van der Waals surface area contributed by atoms with Crippen molar-refractivity contribution in [1.29, 1.82) is 0 Å². The van der Waals surface area contributed by atoms with Gasteiger partial charge in [-0.15, -0.1) is 12.4 Å². The molecule has 5 heteroatoms. The molecule has 0 aliphatic rings. The van der Waals surface area contributed by atoms with E-state index in [9.17, 15) is 4.79 Å². The fourth-order valence-corrected chi connectivity index (χ4v) is 1.43. The fourth-order valence-electron chi connectivity index (χ4n) is 1.43. The monoisotopic (exact) mass is 272 g/mol. The Balaban J connectivity index is 0.00000289. The molecule has 0 bridgehead atoms. The van der Waals surface area contributed by atoms with Gasteiger partial charge in [0.25, 0.3) is 0 Å². The Hall–Kier alpha value is -1.10. The molecule has 1 aromatic carbocycles. The Bertz CT molecular complexity index is 370. The molecule has 0 aliphatic carbocycles. The molecule has 0 heterocycles. The minimum atomic E-state index is -0.478. The lowest BCUT2D eigenvalue weighted by Gasteiger charge is -2.11. The number of halogens is 1. The van der Waals surface area contributed by atoms with Crippen LogP contribution in [0.1, 0.15) is 25.0 Å². The Morgan fingerprint density at radius 3 is 2.56 bits per heavy atom. The van der Waals surface area contributed by atoms with Gasteiger partial charge in [-0.3, -0.25) is 4.79 Å². The first-order valence-corrected chi connectivity index (χ1v) is 5.83. The first kappa shape index (κ1) is 16.9. The van der Waals surface area contributed by atoms with Gasteiger partial charge in [-0.2, -0.15) is 0 Å². The van der Waals surface area contributed by atoms with Crippen LogP contribution >= 0.6 is 12.4 Å². The number of nitrogens with two attached hydrogens (primary N) is 1. The molecule has 0 saturated carbocycles. The van der Waals surface area contributed by atoms with E-state index in [4.69, 9.17) is 10.5 Å². The van der Waals surface area contributed by atoms with Crippen molar-refractivity contribution >= 4 is 18.3 Å². The van der Waals surface area contributed by atoms with Crippen LogP contribution in [-0.2, 0) is 22.7 Å². The second kappa shape index (κ2) is 8.91. The van der Waals surface area contributed by atoms with Gasteiger partial charge in [-0.25, -0.2) is 0 Å². The van der Waals surface area contributed by atoms with Crippen LogP contribution in [0, 0.1) is 0 Å². The van der Waals surface area contributed by atoms with Crippen LogP contribution in [0.2, 0.25) is 0 Å². The first-order chi connectivity index (χ1) is 8.15. The van der Waals surface area contributed by atoms with Crippen LogP contribution in [0.5, 0.6) is 0 Å². The van der Waals surface area contributed by atoms with E-state index in [1.54, 1.807) is 6.92 Å². The van der Waals surface area contributed by atoms with Gasteiger partial charge in [-0.1, -0.05) is 24.3 Å². The number of hydrogen-bond donors (Lipinski definition) is 2. The molecule has 4 nitrogen and oxygen atoms in total. The van der Waals surface area contributed by atoms with Gasteiger partial charge in [-0.05, 0) is 25.0 Å². The zero-order valence-corrected chi connectivity index (χ0v) is 11.6. The standard InChI is InChI=1S/C13H20N2O2.ClH/c1-3-17-9-12-7-5-4-6-11(12)8-15-13(16)10(2)14;/h4-7,10H,3,8-9,14H2,1-2H3,(H,15,16);1H/t10-;/m0./s1. The summed E-state index contributed by atoms with van der Waals surface area (Å²) in [6, 6.07) is 7.42. The molecule has 0 aliphatic heterocycles. The summed E-state index contributed by atoms with van der Waals surface area (Å²) >= 11 is 0. The van der Waals surface area contributed by atoms with Crippen LogP contribution < -0.4 is 11.1 Å². The summed E-state index contributed by atoms with van der Waals surface area (Å²) < 4.78 is 5.38. The van der Waals surface area contributed by atoms with Crippen molar-refractivity contribution < 1.29 is 9.53 Å². The predicted molar refractivity (Wildman–Crippen MR) is 74.5 cm³/mol. The molecule has 102 valence electrons. The zero-order chi connectivity index (χ0) is 12.7. The highest BCUT2D eigenvalue weighted by Gasteiger charge is 2.08. The van der Waals surface area contributed by atoms with Crippen LogP contribution in [0.15, 0.2) is 24.3 Å². The van der Waals surface area contributed by atoms with Gasteiger partial charge >= 0.3 is 0 Å². The maximum absolute atomic E-state index is 11.4. The zero-order valence-electron chi connectivity index (χ0n) is 10.8. The molecule has 1 aromatic rings. The van der Waals surface area contributed by atoms with E-state index in [0.29, 0.717) is 19.8 Å². The van der Waals surface area contributed by atoms with Crippen LogP contribution in [0.4, 0.5) is 0 Å². The molecule has 0 unspecified atom stereocenters. The van der Waals surface area contributed by atoms with Gasteiger partial charge in [0.1, 0.15) is 0 Å². The number of nitrogens with one attached hydrogen (secondary N) is 1. The van der Waals surface area contributed by atoms with Crippen molar-refractivity contribution in [1.82, 2.24) is 5.32 Å². The van der Waals surface area contributed by atoms with E-state index in [1.165, 1.54) is 0 Å². The molecule has 0 saturated heterocycles. The Labute approximate surface area is 114 Å². The molecule has 0 radical (unpaired) electrons. The van der Waals surface area contributed by atoms with Crippen LogP contribution in [0.25, 0.3) is 0 Å². The highest BCUT2D eigenvalue weighted by atomic mass is 35.5. The van der Waals surface area contributed by atoms with Gasteiger partial charge in [0.15, 0.2) is 0 Å². The summed E-state index contributed by atoms with van der Waals surface area (Å²) in [6.07, 6.45) is 0. The number of ether oxygens (including phenoxy) is 1. The van der Waals surface area contributed by atoms with Crippen molar-refractivity contribution in [3.05, 3.63) is 35.4 Å². The second-order valence-corrected chi connectivity index (χ2v) is 3.91. The Morgan fingerprint density at radius 1 is 1.39 bits per heavy atom. The van der Waals surface area contributed by atoms with E-state index < -0.39 is 6.04 Å². The van der Waals surface area contributed by atoms with E-state index in [0.717, 1.165) is 11.1 Å². The van der Waals surface area contributed by atoms with Gasteiger partial charge in [0.05, 0.1) is 12.6 Å². The van der Waals surface area contributed by atoms with Crippen molar-refractivity contribution in [2.24, 2.45) is 5.73 Å². The molecule has 0 fully saturated rings. The SMILES string of the molecule is CCOCc1ccccc1CNC(=O)[C@H](C)N.Cl. The number of benzene rings is 1. The molecule has 18 heavy (non-hydrogen) atoms. The molecule has 1 rings (SSSR count). The first-order valence-electron chi connectivity index (χ1n) is 5.83. The summed E-state index contributed by atoms with van der Waals surface area (Å²) in [4.78, 5) is 11.4. The van der Waals surface area contributed by atoms with Crippen molar-refractivity contribution in [3.8, 4) is 0 Å². The van der Waals surface area contributed by atoms with Crippen molar-refractivity contribution in [2.45, 2.75) is 33.0 Å². The second-order valence-electron chi connectivity index (χ2n) is 3.91. The number of rotatable bonds is 6. The smallest absolute Gasteiger partial charge is 0.236 e. The van der Waals surface area contributed by atoms with Crippen molar-refractivity contribution in [2.75, 3.05) is 6.61 Å². The fraction of sp³-hybridized carbons (Fsp3) is 0.462. The number of carbonyl (C=O) groups is 1. The minimum absolute atomic E-state index is 0. The highest BCUT2D eigenvalue weighted by Crippen LogP contribution is 2.09. The predicted octanol–water partition coefficient (Wildman–Crippen LogP) is 1.61. The normalized spacial score (nSPS) is 11.5. The largest absolute Gasteiger partial charge is 0.377 e. The third kappa shape index (κ3) is 5.49. The Kier molecular flexibility index (Phi) is 8.37. The molecule has 3 N–H and O–H groups in total. The van der Waals surface area contributed by atoms with E-state index >= 15 is 0 Å². The summed E-state index contributed by atoms with van der Waals surface area (Å²) in [5, 5.41) is 2.80. The van der Waals surface area contributed by atoms with Gasteiger partial charge in [0, 0.05) is 13.2 Å². The van der Waals surface area contributed by atoms with Crippen LogP contribution in [-0.4, -0.2) is 18.6 Å². The summed E-state index contributed by atoms with van der Waals surface area (Å²) in [6.45, 7) is 5.37. The third-order valence-electron chi connectivity index (χ3n) is 2.45. The maximum Gasteiger partial charge on any atom is 0.236 e. The topological polar surface area (TPSA) is 64.3 Å². The lowest BCUT2D eigenvalue weighted by Crippen LogP contribution is -2.37. The minimum Gasteiger partial charge on any atom is -0.377 e. The van der Waals surface area contributed by atoms with E-state index in [1.807, 2.05) is 31.2 Å². The lowest BCUT2D eigenvalue weighted by atomic mass is 10.1. The Morgan fingerprint density at radius 2 is 2.00 bits per heavy atom. The molecule has 0 spiro atoms. The third-order valence-corrected chi connectivity index (χ3v) is 2.45. The molecular formula is C13H21ClN2O2. The number of amides is 1. The highest BCUT2D eigenvalue weighted by molar-refractivity contribution is 5.85.